The van der Waals surface area contributed by atoms with Gasteiger partial charge in [0.25, 0.3) is 0 Å². The molecule has 2 N–H and O–H groups in total. The number of rotatable bonds is 4. The largest absolute Gasteiger partial charge is 0.480 e. The first-order valence-corrected chi connectivity index (χ1v) is 10.1. The maximum Gasteiger partial charge on any atom is 0.325 e. The highest BCUT2D eigenvalue weighted by atomic mass is 79.9. The molecule has 2 aromatic rings. The van der Waals surface area contributed by atoms with E-state index in [1.165, 1.54) is 10.6 Å². The zero-order valence-electron chi connectivity index (χ0n) is 13.1. The van der Waals surface area contributed by atoms with Crippen molar-refractivity contribution in [3.63, 3.8) is 0 Å². The van der Waals surface area contributed by atoms with Crippen LogP contribution < -0.4 is 0 Å². The molecule has 2 heterocycles. The first-order valence-electron chi connectivity index (χ1n) is 7.46. The number of carbonyl (C=O) groups is 1. The molecule has 1 aliphatic rings. The van der Waals surface area contributed by atoms with Crippen molar-refractivity contribution < 1.29 is 18.3 Å². The predicted octanol–water partition coefficient (Wildman–Crippen LogP) is 1.63. The Kier molecular flexibility index (Phi) is 4.69. The first kappa shape index (κ1) is 17.4. The number of hydrogen-bond acceptors (Lipinski definition) is 4. The van der Waals surface area contributed by atoms with Crippen molar-refractivity contribution in [3.05, 3.63) is 34.4 Å². The zero-order chi connectivity index (χ0) is 17.5. The molecule has 1 aromatic carbocycles. The highest BCUT2D eigenvalue weighted by molar-refractivity contribution is 9.10. The number of H-pyrrole nitrogens is 1. The van der Waals surface area contributed by atoms with Gasteiger partial charge in [0.15, 0.2) is 0 Å². The Morgan fingerprint density at radius 3 is 2.54 bits per heavy atom. The summed E-state index contributed by atoms with van der Waals surface area (Å²) in [7, 11) is -3.24. The van der Waals surface area contributed by atoms with E-state index in [0.717, 1.165) is 15.4 Å². The lowest BCUT2D eigenvalue weighted by Gasteiger charge is -2.36. The number of halogens is 1. The molecule has 0 saturated carbocycles. The molecule has 1 atom stereocenters. The van der Waals surface area contributed by atoms with Gasteiger partial charge in [-0.05, 0) is 12.1 Å². The average molecular weight is 416 g/mol. The molecule has 1 fully saturated rings. The highest BCUT2D eigenvalue weighted by Gasteiger charge is 2.33. The van der Waals surface area contributed by atoms with Crippen LogP contribution in [-0.4, -0.2) is 66.1 Å². The summed E-state index contributed by atoms with van der Waals surface area (Å²) in [5.74, 6) is -0.938. The van der Waals surface area contributed by atoms with E-state index in [9.17, 15) is 18.3 Å². The van der Waals surface area contributed by atoms with Gasteiger partial charge in [-0.2, -0.15) is 4.31 Å². The van der Waals surface area contributed by atoms with Gasteiger partial charge in [-0.15, -0.1) is 0 Å². The number of aliphatic carboxylic acids is 1. The molecule has 7 nitrogen and oxygen atoms in total. The molecular weight excluding hydrogens is 398 g/mol. The predicted molar refractivity (Wildman–Crippen MR) is 94.4 cm³/mol. The van der Waals surface area contributed by atoms with Crippen LogP contribution >= 0.6 is 15.9 Å². The van der Waals surface area contributed by atoms with Crippen LogP contribution in [0.2, 0.25) is 0 Å². The monoisotopic (exact) mass is 415 g/mol. The number of piperazine rings is 1. The molecule has 0 unspecified atom stereocenters. The Morgan fingerprint density at radius 2 is 1.96 bits per heavy atom. The van der Waals surface area contributed by atoms with E-state index in [0.29, 0.717) is 31.7 Å². The Bertz CT molecular complexity index is 872. The van der Waals surface area contributed by atoms with E-state index in [2.05, 4.69) is 20.9 Å². The van der Waals surface area contributed by atoms with Crippen molar-refractivity contribution in [1.29, 1.82) is 0 Å². The second-order valence-electron chi connectivity index (χ2n) is 5.87. The minimum Gasteiger partial charge on any atom is -0.480 e. The fourth-order valence-corrected chi connectivity index (χ4v) is 4.31. The molecule has 1 aliphatic heterocycles. The fraction of sp³-hybridized carbons (Fsp3) is 0.400. The Labute approximate surface area is 148 Å². The molecule has 1 aromatic heterocycles. The number of carboxylic acid groups (broad SMARTS) is 1. The van der Waals surface area contributed by atoms with E-state index in [4.69, 9.17) is 0 Å². The van der Waals surface area contributed by atoms with Crippen LogP contribution in [0.1, 0.15) is 11.6 Å². The number of nitrogens with one attached hydrogen (secondary N) is 1. The lowest BCUT2D eigenvalue weighted by Crippen LogP contribution is -2.50. The van der Waals surface area contributed by atoms with E-state index >= 15 is 0 Å². The number of sulfonamides is 1. The van der Waals surface area contributed by atoms with Crippen LogP contribution in [0.5, 0.6) is 0 Å². The SMILES string of the molecule is CS(=O)(=O)N1CCN([C@@H](C(=O)O)c2c[nH]c3cc(Br)ccc23)CC1. The lowest BCUT2D eigenvalue weighted by atomic mass is 10.0. The maximum atomic E-state index is 11.9. The number of hydrogen-bond donors (Lipinski definition) is 2. The van der Waals surface area contributed by atoms with Crippen molar-refractivity contribution in [2.45, 2.75) is 6.04 Å². The second-order valence-corrected chi connectivity index (χ2v) is 8.77. The molecule has 0 bridgehead atoms. The van der Waals surface area contributed by atoms with Gasteiger partial charge < -0.3 is 10.1 Å². The molecule has 0 spiro atoms. The van der Waals surface area contributed by atoms with Gasteiger partial charge in [0.2, 0.25) is 10.0 Å². The van der Waals surface area contributed by atoms with Crippen LogP contribution in [0, 0.1) is 0 Å². The van der Waals surface area contributed by atoms with Gasteiger partial charge in [0.05, 0.1) is 6.26 Å². The smallest absolute Gasteiger partial charge is 0.325 e. The number of carboxylic acids is 1. The Hall–Kier alpha value is -1.42. The first-order chi connectivity index (χ1) is 11.3. The van der Waals surface area contributed by atoms with E-state index in [-0.39, 0.29) is 0 Å². The molecule has 0 amide bonds. The number of nitrogens with zero attached hydrogens (tertiary/aromatic N) is 2. The quantitative estimate of drug-likeness (QED) is 0.791. The molecular formula is C15H18BrN3O4S. The topological polar surface area (TPSA) is 93.7 Å². The van der Waals surface area contributed by atoms with Crippen molar-refractivity contribution in [2.24, 2.45) is 0 Å². The van der Waals surface area contributed by atoms with E-state index in [1.807, 2.05) is 23.1 Å². The third-order valence-electron chi connectivity index (χ3n) is 4.31. The zero-order valence-corrected chi connectivity index (χ0v) is 15.5. The van der Waals surface area contributed by atoms with Gasteiger partial charge in [-0.25, -0.2) is 8.42 Å². The minimum atomic E-state index is -3.24. The van der Waals surface area contributed by atoms with E-state index < -0.39 is 22.0 Å². The summed E-state index contributed by atoms with van der Waals surface area (Å²) in [6.45, 7) is 1.37. The number of benzene rings is 1. The number of fused-ring (bicyclic) bond motifs is 1. The molecule has 0 aliphatic carbocycles. The average Bonchev–Trinajstić information content (AvgIpc) is 2.89. The summed E-state index contributed by atoms with van der Waals surface area (Å²) in [6.07, 6.45) is 2.90. The van der Waals surface area contributed by atoms with Crippen molar-refractivity contribution in [3.8, 4) is 0 Å². The van der Waals surface area contributed by atoms with Gasteiger partial charge in [-0.3, -0.25) is 9.69 Å². The minimum absolute atomic E-state index is 0.302. The number of aromatic nitrogens is 1. The third kappa shape index (κ3) is 3.34. The Balaban J connectivity index is 1.89. The van der Waals surface area contributed by atoms with Gasteiger partial charge in [0, 0.05) is 53.3 Å². The summed E-state index contributed by atoms with van der Waals surface area (Å²) in [4.78, 5) is 16.8. The van der Waals surface area contributed by atoms with Gasteiger partial charge in [0.1, 0.15) is 6.04 Å². The Morgan fingerprint density at radius 1 is 1.29 bits per heavy atom. The fourth-order valence-electron chi connectivity index (χ4n) is 3.13. The van der Waals surface area contributed by atoms with Crippen LogP contribution in [0.15, 0.2) is 28.9 Å². The van der Waals surface area contributed by atoms with Gasteiger partial charge >= 0.3 is 5.97 Å². The van der Waals surface area contributed by atoms with Crippen LogP contribution in [0.25, 0.3) is 10.9 Å². The van der Waals surface area contributed by atoms with Crippen molar-refractivity contribution in [1.82, 2.24) is 14.2 Å². The standard InChI is InChI=1S/C15H18BrN3O4S/c1-24(22,23)19-6-4-18(5-7-19)14(15(20)21)12-9-17-13-8-10(16)2-3-11(12)13/h2-3,8-9,14,17H,4-7H2,1H3,(H,20,21)/t14-/m1/s1. The van der Waals surface area contributed by atoms with Crippen molar-refractivity contribution >= 4 is 42.8 Å². The van der Waals surface area contributed by atoms with Crippen LogP contribution in [-0.2, 0) is 14.8 Å². The summed E-state index contributed by atoms with van der Waals surface area (Å²) >= 11 is 3.40. The number of aromatic amines is 1. The maximum absolute atomic E-state index is 11.9. The third-order valence-corrected chi connectivity index (χ3v) is 6.11. The second kappa shape index (κ2) is 6.47. The summed E-state index contributed by atoms with van der Waals surface area (Å²) in [5.41, 5.74) is 1.55. The summed E-state index contributed by atoms with van der Waals surface area (Å²) < 4.78 is 25.5. The van der Waals surface area contributed by atoms with Crippen LogP contribution in [0.4, 0.5) is 0 Å². The van der Waals surface area contributed by atoms with E-state index in [1.54, 1.807) is 6.20 Å². The molecule has 130 valence electrons. The lowest BCUT2D eigenvalue weighted by molar-refractivity contribution is -0.144. The molecule has 24 heavy (non-hydrogen) atoms. The van der Waals surface area contributed by atoms with Crippen molar-refractivity contribution in [2.75, 3.05) is 32.4 Å². The van der Waals surface area contributed by atoms with Gasteiger partial charge in [-0.1, -0.05) is 22.0 Å². The normalized spacial score (nSPS) is 18.8. The highest BCUT2D eigenvalue weighted by Crippen LogP contribution is 2.31. The molecule has 0 radical (unpaired) electrons. The molecule has 9 heteroatoms. The molecule has 3 rings (SSSR count). The molecule has 1 saturated heterocycles. The summed E-state index contributed by atoms with van der Waals surface area (Å²) in [6, 6.07) is 4.86. The summed E-state index contributed by atoms with van der Waals surface area (Å²) in [5, 5.41) is 10.6. The van der Waals surface area contributed by atoms with Crippen LogP contribution in [0.3, 0.4) is 0 Å².